The molecule has 2 N–H and O–H groups in total. The van der Waals surface area contributed by atoms with E-state index in [4.69, 9.17) is 9.47 Å². The van der Waals surface area contributed by atoms with Gasteiger partial charge in [-0.1, -0.05) is 0 Å². The predicted molar refractivity (Wildman–Crippen MR) is 116 cm³/mol. The maximum absolute atomic E-state index is 10.5. The first-order valence-corrected chi connectivity index (χ1v) is 11.2. The summed E-state index contributed by atoms with van der Waals surface area (Å²) in [5.41, 5.74) is 4.35. The third kappa shape index (κ3) is 3.29. The van der Waals surface area contributed by atoms with Crippen LogP contribution in [0.5, 0.6) is 5.75 Å². The molecule has 1 aromatic heterocycles. The highest BCUT2D eigenvalue weighted by molar-refractivity contribution is 5.77. The van der Waals surface area contributed by atoms with Gasteiger partial charge in [0.25, 0.3) is 0 Å². The van der Waals surface area contributed by atoms with E-state index in [9.17, 15) is 5.11 Å². The summed E-state index contributed by atoms with van der Waals surface area (Å²) in [6, 6.07) is 5.26. The van der Waals surface area contributed by atoms with E-state index in [0.717, 1.165) is 54.8 Å². The summed E-state index contributed by atoms with van der Waals surface area (Å²) in [5, 5.41) is 18.5. The van der Waals surface area contributed by atoms with Crippen molar-refractivity contribution in [2.24, 2.45) is 0 Å². The molecule has 5 rings (SSSR count). The van der Waals surface area contributed by atoms with Crippen LogP contribution in [0.25, 0.3) is 11.1 Å². The van der Waals surface area contributed by atoms with E-state index in [-0.39, 0.29) is 12.1 Å². The molecule has 162 valence electrons. The first-order chi connectivity index (χ1) is 14.6. The Balaban J connectivity index is 1.56. The standard InChI is InChI=1S/C23H32N4O3/c1-14-7-8-19-20(27(14)23(28)29-3)10-9-18(22(19)30-17-5-4-6-17)16-11-25-26(13-16)21-12-24-15(21)2/h9-11,13-15,17,21,23-24,28H,4-8,12H2,1-3H3/t14-,15?,21?,23?/m0/s1. The second-order valence-corrected chi connectivity index (χ2v) is 8.94. The molecule has 2 aromatic rings. The molecule has 3 heterocycles. The first-order valence-electron chi connectivity index (χ1n) is 11.2. The zero-order chi connectivity index (χ0) is 20.8. The van der Waals surface area contributed by atoms with Crippen molar-refractivity contribution in [1.82, 2.24) is 15.1 Å². The number of nitrogens with one attached hydrogen (secondary N) is 1. The lowest BCUT2D eigenvalue weighted by Crippen LogP contribution is -2.51. The largest absolute Gasteiger partial charge is 0.489 e. The number of fused-ring (bicyclic) bond motifs is 1. The molecule has 0 spiro atoms. The maximum atomic E-state index is 10.5. The number of ether oxygens (including phenoxy) is 2. The number of aliphatic hydroxyl groups excluding tert-OH is 1. The number of aromatic nitrogens is 2. The summed E-state index contributed by atoms with van der Waals surface area (Å²) in [5.74, 6) is 0.955. The highest BCUT2D eigenvalue weighted by atomic mass is 16.6. The third-order valence-corrected chi connectivity index (χ3v) is 7.06. The molecule has 1 saturated heterocycles. The zero-order valence-corrected chi connectivity index (χ0v) is 18.0. The van der Waals surface area contributed by atoms with Crippen molar-refractivity contribution in [3.05, 3.63) is 30.1 Å². The molecule has 7 heteroatoms. The van der Waals surface area contributed by atoms with Gasteiger partial charge < -0.3 is 24.8 Å². The van der Waals surface area contributed by atoms with E-state index < -0.39 is 6.41 Å². The Hall–Kier alpha value is -2.09. The van der Waals surface area contributed by atoms with Gasteiger partial charge in [-0.3, -0.25) is 4.68 Å². The molecule has 0 bridgehead atoms. The highest BCUT2D eigenvalue weighted by Crippen LogP contribution is 2.45. The second-order valence-electron chi connectivity index (χ2n) is 8.94. The average Bonchev–Trinajstić information content (AvgIpc) is 3.17. The predicted octanol–water partition coefficient (Wildman–Crippen LogP) is 3.08. The van der Waals surface area contributed by atoms with Gasteiger partial charge in [-0.05, 0) is 58.1 Å². The van der Waals surface area contributed by atoms with Crippen LogP contribution < -0.4 is 15.0 Å². The molecule has 0 radical (unpaired) electrons. The number of aliphatic hydroxyl groups is 1. The van der Waals surface area contributed by atoms with Crippen molar-refractivity contribution in [1.29, 1.82) is 0 Å². The molecule has 2 aliphatic heterocycles. The molecule has 4 atom stereocenters. The van der Waals surface area contributed by atoms with Crippen molar-refractivity contribution in [3.63, 3.8) is 0 Å². The Morgan fingerprint density at radius 3 is 2.70 bits per heavy atom. The van der Waals surface area contributed by atoms with Gasteiger partial charge in [-0.15, -0.1) is 0 Å². The number of benzene rings is 1. The quantitative estimate of drug-likeness (QED) is 0.711. The van der Waals surface area contributed by atoms with Crippen molar-refractivity contribution in [2.75, 3.05) is 18.6 Å². The normalized spacial score (nSPS) is 27.2. The highest BCUT2D eigenvalue weighted by Gasteiger charge is 2.33. The zero-order valence-electron chi connectivity index (χ0n) is 18.0. The number of rotatable bonds is 6. The number of nitrogens with zero attached hydrogens (tertiary/aromatic N) is 3. The van der Waals surface area contributed by atoms with Crippen molar-refractivity contribution in [2.45, 2.75) is 76.6 Å². The van der Waals surface area contributed by atoms with E-state index in [1.165, 1.54) is 19.1 Å². The Kier molecular flexibility index (Phi) is 5.21. The monoisotopic (exact) mass is 412 g/mol. The summed E-state index contributed by atoms with van der Waals surface area (Å²) >= 11 is 0. The van der Waals surface area contributed by atoms with Crippen molar-refractivity contribution in [3.8, 4) is 16.9 Å². The summed E-state index contributed by atoms with van der Waals surface area (Å²) < 4.78 is 13.9. The molecule has 30 heavy (non-hydrogen) atoms. The second kappa shape index (κ2) is 7.87. The molecule has 1 aliphatic carbocycles. The molecular weight excluding hydrogens is 380 g/mol. The Labute approximate surface area is 178 Å². The third-order valence-electron chi connectivity index (χ3n) is 7.06. The number of anilines is 1. The molecule has 7 nitrogen and oxygen atoms in total. The van der Waals surface area contributed by atoms with Crippen LogP contribution in [0.3, 0.4) is 0 Å². The van der Waals surface area contributed by atoms with E-state index in [0.29, 0.717) is 12.1 Å². The van der Waals surface area contributed by atoms with Gasteiger partial charge in [0.1, 0.15) is 5.75 Å². The molecule has 3 unspecified atom stereocenters. The summed E-state index contributed by atoms with van der Waals surface area (Å²) in [6.45, 7) is 5.28. The van der Waals surface area contributed by atoms with Crippen LogP contribution in [0.1, 0.15) is 51.1 Å². The van der Waals surface area contributed by atoms with Crippen LogP contribution in [0.2, 0.25) is 0 Å². The summed E-state index contributed by atoms with van der Waals surface area (Å²) in [4.78, 5) is 1.96. The van der Waals surface area contributed by atoms with Crippen LogP contribution in [-0.2, 0) is 11.2 Å². The van der Waals surface area contributed by atoms with Gasteiger partial charge in [0.15, 0.2) is 0 Å². The Bertz CT molecular complexity index is 910. The molecule has 1 saturated carbocycles. The lowest BCUT2D eigenvalue weighted by atomic mass is 9.91. The fourth-order valence-corrected chi connectivity index (χ4v) is 4.74. The first kappa shape index (κ1) is 19.8. The van der Waals surface area contributed by atoms with Gasteiger partial charge in [-0.25, -0.2) is 0 Å². The van der Waals surface area contributed by atoms with Crippen LogP contribution >= 0.6 is 0 Å². The fraction of sp³-hybridized carbons (Fsp3) is 0.609. The maximum Gasteiger partial charge on any atom is 0.237 e. The van der Waals surface area contributed by atoms with Crippen LogP contribution in [-0.4, -0.2) is 53.1 Å². The Morgan fingerprint density at radius 2 is 2.07 bits per heavy atom. The minimum atomic E-state index is -0.961. The molecule has 1 aromatic carbocycles. The minimum Gasteiger partial charge on any atom is -0.489 e. The van der Waals surface area contributed by atoms with Gasteiger partial charge in [0.05, 0.1) is 18.3 Å². The number of hydrogen-bond donors (Lipinski definition) is 2. The fourth-order valence-electron chi connectivity index (χ4n) is 4.74. The molecule has 2 fully saturated rings. The lowest BCUT2D eigenvalue weighted by molar-refractivity contribution is -0.0795. The smallest absolute Gasteiger partial charge is 0.237 e. The van der Waals surface area contributed by atoms with Gasteiger partial charge in [0.2, 0.25) is 6.41 Å². The number of methoxy groups -OCH3 is 1. The topological polar surface area (TPSA) is 71.8 Å². The van der Waals surface area contributed by atoms with E-state index in [2.05, 4.69) is 47.3 Å². The minimum absolute atomic E-state index is 0.199. The molecule has 3 aliphatic rings. The average molecular weight is 413 g/mol. The lowest BCUT2D eigenvalue weighted by Gasteiger charge is -2.40. The summed E-state index contributed by atoms with van der Waals surface area (Å²) in [6.07, 6.45) is 8.73. The number of hydrogen-bond acceptors (Lipinski definition) is 6. The van der Waals surface area contributed by atoms with E-state index >= 15 is 0 Å². The van der Waals surface area contributed by atoms with Gasteiger partial charge >= 0.3 is 0 Å². The SMILES string of the molecule is COC(O)N1c2ccc(-c3cnn(C4CNC4C)c3)c(OC3CCC3)c2CC[C@@H]1C. The van der Waals surface area contributed by atoms with E-state index in [1.807, 2.05) is 11.1 Å². The van der Waals surface area contributed by atoms with Crippen molar-refractivity contribution >= 4 is 5.69 Å². The molecular formula is C23H32N4O3. The van der Waals surface area contributed by atoms with E-state index in [1.54, 1.807) is 0 Å². The van der Waals surface area contributed by atoms with Gasteiger partial charge in [0, 0.05) is 54.3 Å². The van der Waals surface area contributed by atoms with Crippen LogP contribution in [0.4, 0.5) is 5.69 Å². The molecule has 0 amide bonds. The Morgan fingerprint density at radius 1 is 1.23 bits per heavy atom. The van der Waals surface area contributed by atoms with Gasteiger partial charge in [-0.2, -0.15) is 5.10 Å². The van der Waals surface area contributed by atoms with Crippen molar-refractivity contribution < 1.29 is 14.6 Å². The summed E-state index contributed by atoms with van der Waals surface area (Å²) in [7, 11) is 1.54. The van der Waals surface area contributed by atoms with Crippen LogP contribution in [0, 0.1) is 0 Å². The van der Waals surface area contributed by atoms with Crippen LogP contribution in [0.15, 0.2) is 24.5 Å².